The highest BCUT2D eigenvalue weighted by Gasteiger charge is 2.12. The normalized spacial score (nSPS) is 10.4. The molecule has 5 nitrogen and oxygen atoms in total. The maximum atomic E-state index is 13.7. The molecular weight excluding hydrogens is 469 g/mol. The molecule has 0 saturated heterocycles. The lowest BCUT2D eigenvalue weighted by Crippen LogP contribution is -2.08. The van der Waals surface area contributed by atoms with Crippen LogP contribution in [0.3, 0.4) is 0 Å². The lowest BCUT2D eigenvalue weighted by atomic mass is 10.0. The Hall–Kier alpha value is -4.24. The van der Waals surface area contributed by atoms with Gasteiger partial charge in [0.15, 0.2) is 0 Å². The Kier molecular flexibility index (Phi) is 10.6. The highest BCUT2D eigenvalue weighted by molar-refractivity contribution is 5.91. The van der Waals surface area contributed by atoms with Gasteiger partial charge in [-0.25, -0.2) is 9.18 Å². The van der Waals surface area contributed by atoms with Gasteiger partial charge in [0.2, 0.25) is 0 Å². The van der Waals surface area contributed by atoms with E-state index in [1.807, 2.05) is 18.2 Å². The summed E-state index contributed by atoms with van der Waals surface area (Å²) in [4.78, 5) is 24.5. The monoisotopic (exact) mass is 499 g/mol. The van der Waals surface area contributed by atoms with Crippen molar-refractivity contribution in [2.45, 2.75) is 51.4 Å². The van der Waals surface area contributed by atoms with Crippen LogP contribution in [-0.4, -0.2) is 11.9 Å². The van der Waals surface area contributed by atoms with Crippen molar-refractivity contribution in [2.24, 2.45) is 0 Å². The first-order valence-corrected chi connectivity index (χ1v) is 12.4. The van der Waals surface area contributed by atoms with Crippen molar-refractivity contribution in [3.8, 4) is 28.7 Å². The number of hydrogen-bond acceptors (Lipinski definition) is 5. The fraction of sp³-hybridized carbons (Fsp3) is 0.258. The third kappa shape index (κ3) is 8.73. The van der Waals surface area contributed by atoms with E-state index in [1.54, 1.807) is 42.5 Å². The molecule has 0 spiro atoms. The zero-order valence-electron chi connectivity index (χ0n) is 20.8. The third-order valence-electron chi connectivity index (χ3n) is 5.85. The van der Waals surface area contributed by atoms with Gasteiger partial charge < -0.3 is 9.47 Å². The van der Waals surface area contributed by atoms with Crippen molar-refractivity contribution in [3.63, 3.8) is 0 Å². The van der Waals surface area contributed by atoms with Crippen LogP contribution in [0.4, 0.5) is 4.39 Å². The molecule has 0 radical (unpaired) electrons. The molecule has 0 heterocycles. The number of benzene rings is 3. The van der Waals surface area contributed by atoms with E-state index in [0.29, 0.717) is 17.7 Å². The molecule has 0 aromatic heterocycles. The molecule has 0 aliphatic carbocycles. The van der Waals surface area contributed by atoms with E-state index < -0.39 is 11.8 Å². The Balaban J connectivity index is 1.46. The fourth-order valence-corrected chi connectivity index (χ4v) is 3.78. The Labute approximate surface area is 217 Å². The average Bonchev–Trinajstić information content (AvgIpc) is 2.91. The van der Waals surface area contributed by atoms with Gasteiger partial charge in [0.1, 0.15) is 23.4 Å². The lowest BCUT2D eigenvalue weighted by molar-refractivity contribution is -0.134. The molecule has 190 valence electrons. The third-order valence-corrected chi connectivity index (χ3v) is 5.85. The van der Waals surface area contributed by atoms with Crippen LogP contribution in [0.15, 0.2) is 79.4 Å². The topological polar surface area (TPSA) is 76.4 Å². The van der Waals surface area contributed by atoms with Gasteiger partial charge in [0.05, 0.1) is 11.1 Å². The molecule has 0 aliphatic rings. The summed E-state index contributed by atoms with van der Waals surface area (Å²) in [5, 5.41) is 8.79. The van der Waals surface area contributed by atoms with E-state index in [2.05, 4.69) is 6.58 Å². The van der Waals surface area contributed by atoms with Gasteiger partial charge in [-0.15, -0.1) is 6.58 Å². The molecule has 0 atom stereocenters. The smallest absolute Gasteiger partial charge is 0.343 e. The first-order chi connectivity index (χ1) is 18.0. The highest BCUT2D eigenvalue weighted by atomic mass is 19.1. The molecule has 37 heavy (non-hydrogen) atoms. The zero-order valence-corrected chi connectivity index (χ0v) is 20.8. The van der Waals surface area contributed by atoms with Gasteiger partial charge in [-0.3, -0.25) is 4.79 Å². The van der Waals surface area contributed by atoms with Crippen molar-refractivity contribution in [1.82, 2.24) is 0 Å². The predicted octanol–water partition coefficient (Wildman–Crippen LogP) is 7.80. The number of nitriles is 1. The second-order valence-corrected chi connectivity index (χ2v) is 8.67. The van der Waals surface area contributed by atoms with Crippen molar-refractivity contribution in [3.05, 3.63) is 96.3 Å². The largest absolute Gasteiger partial charge is 0.427 e. The number of carbonyl (C=O) groups excluding carboxylic acids is 2. The standard InChI is InChI=1S/C31H30FNO4/c1-2-3-4-5-6-7-8-9-10-30(34)36-27-18-15-24(16-19-27)23-11-13-25(14-12-23)31(35)37-28-20-17-26(22-33)29(32)21-28/h2,11-21H,1,3-10H2. The summed E-state index contributed by atoms with van der Waals surface area (Å²) in [6, 6.07) is 19.3. The van der Waals surface area contributed by atoms with Crippen LogP contribution in [0.2, 0.25) is 0 Å². The Morgan fingerprint density at radius 3 is 2.03 bits per heavy atom. The molecule has 0 N–H and O–H groups in total. The number of esters is 2. The Morgan fingerprint density at radius 1 is 0.811 bits per heavy atom. The molecule has 3 aromatic carbocycles. The van der Waals surface area contributed by atoms with E-state index in [0.717, 1.165) is 42.9 Å². The summed E-state index contributed by atoms with van der Waals surface area (Å²) in [5.41, 5.74) is 1.94. The van der Waals surface area contributed by atoms with Crippen LogP contribution in [0.1, 0.15) is 67.3 Å². The molecule has 0 bridgehead atoms. The molecule has 0 saturated carbocycles. The Morgan fingerprint density at radius 2 is 1.41 bits per heavy atom. The second-order valence-electron chi connectivity index (χ2n) is 8.67. The summed E-state index contributed by atoms with van der Waals surface area (Å²) < 4.78 is 24.4. The minimum Gasteiger partial charge on any atom is -0.427 e. The summed E-state index contributed by atoms with van der Waals surface area (Å²) >= 11 is 0. The van der Waals surface area contributed by atoms with Gasteiger partial charge in [0.25, 0.3) is 0 Å². The number of unbranched alkanes of at least 4 members (excludes halogenated alkanes) is 6. The van der Waals surface area contributed by atoms with Crippen LogP contribution in [0, 0.1) is 17.1 Å². The van der Waals surface area contributed by atoms with Crippen LogP contribution in [0.25, 0.3) is 11.1 Å². The number of allylic oxidation sites excluding steroid dienone is 1. The van der Waals surface area contributed by atoms with E-state index in [-0.39, 0.29) is 17.3 Å². The number of nitrogens with zero attached hydrogens (tertiary/aromatic N) is 1. The molecule has 6 heteroatoms. The first kappa shape index (κ1) is 27.3. The number of carbonyl (C=O) groups is 2. The van der Waals surface area contributed by atoms with Crippen LogP contribution in [-0.2, 0) is 4.79 Å². The molecule has 0 amide bonds. The van der Waals surface area contributed by atoms with Crippen molar-refractivity contribution in [2.75, 3.05) is 0 Å². The van der Waals surface area contributed by atoms with Crippen molar-refractivity contribution < 1.29 is 23.5 Å². The molecular formula is C31H30FNO4. The summed E-state index contributed by atoms with van der Waals surface area (Å²) in [7, 11) is 0. The van der Waals surface area contributed by atoms with E-state index in [9.17, 15) is 14.0 Å². The van der Waals surface area contributed by atoms with Gasteiger partial charge in [-0.2, -0.15) is 5.26 Å². The lowest BCUT2D eigenvalue weighted by Gasteiger charge is -2.08. The van der Waals surface area contributed by atoms with Gasteiger partial charge in [-0.05, 0) is 66.8 Å². The molecule has 0 aliphatic heterocycles. The highest BCUT2D eigenvalue weighted by Crippen LogP contribution is 2.24. The fourth-order valence-electron chi connectivity index (χ4n) is 3.78. The number of hydrogen-bond donors (Lipinski definition) is 0. The minimum absolute atomic E-state index is 0.0231. The van der Waals surface area contributed by atoms with Gasteiger partial charge >= 0.3 is 11.9 Å². The molecule has 3 aromatic rings. The molecule has 3 rings (SSSR count). The van der Waals surface area contributed by atoms with Crippen molar-refractivity contribution in [1.29, 1.82) is 5.26 Å². The summed E-state index contributed by atoms with van der Waals surface area (Å²) in [5.74, 6) is -1.10. The molecule has 0 unspecified atom stereocenters. The average molecular weight is 500 g/mol. The van der Waals surface area contributed by atoms with Crippen LogP contribution >= 0.6 is 0 Å². The van der Waals surface area contributed by atoms with Gasteiger partial charge in [-0.1, -0.05) is 56.0 Å². The van der Waals surface area contributed by atoms with E-state index in [4.69, 9.17) is 14.7 Å². The quantitative estimate of drug-likeness (QED) is 0.104. The van der Waals surface area contributed by atoms with E-state index >= 15 is 0 Å². The maximum absolute atomic E-state index is 13.7. The SMILES string of the molecule is C=CCCCCCCCCC(=O)Oc1ccc(-c2ccc(C(=O)Oc3ccc(C#N)c(F)c3)cc2)cc1. The first-order valence-electron chi connectivity index (χ1n) is 12.4. The van der Waals surface area contributed by atoms with Crippen LogP contribution in [0.5, 0.6) is 11.5 Å². The van der Waals surface area contributed by atoms with Crippen LogP contribution < -0.4 is 9.47 Å². The molecule has 0 fully saturated rings. The van der Waals surface area contributed by atoms with Crippen molar-refractivity contribution >= 4 is 11.9 Å². The Bertz CT molecular complexity index is 1240. The summed E-state index contributed by atoms with van der Waals surface area (Å²) in [6.07, 6.45) is 9.96. The van der Waals surface area contributed by atoms with E-state index in [1.165, 1.54) is 31.4 Å². The zero-order chi connectivity index (χ0) is 26.5. The number of rotatable bonds is 13. The second kappa shape index (κ2) is 14.4. The number of ether oxygens (including phenoxy) is 2. The summed E-state index contributed by atoms with van der Waals surface area (Å²) in [6.45, 7) is 3.73. The maximum Gasteiger partial charge on any atom is 0.343 e. The number of halogens is 1. The minimum atomic E-state index is -0.747. The van der Waals surface area contributed by atoms with Gasteiger partial charge in [0, 0.05) is 12.5 Å². The predicted molar refractivity (Wildman–Crippen MR) is 141 cm³/mol.